The van der Waals surface area contributed by atoms with Gasteiger partial charge in [0, 0.05) is 0 Å². The number of rotatable bonds is 2. The highest BCUT2D eigenvalue weighted by Crippen LogP contribution is 2.52. The topological polar surface area (TPSA) is 0 Å². The molecule has 2 aliphatic carbocycles. The van der Waals surface area contributed by atoms with E-state index in [4.69, 9.17) is 0 Å². The van der Waals surface area contributed by atoms with Crippen molar-refractivity contribution < 1.29 is 0 Å². The van der Waals surface area contributed by atoms with Crippen molar-refractivity contribution >= 4 is 0 Å². The summed E-state index contributed by atoms with van der Waals surface area (Å²) >= 11 is 0. The molecule has 0 saturated heterocycles. The molecule has 0 aliphatic heterocycles. The van der Waals surface area contributed by atoms with Crippen LogP contribution in [0.3, 0.4) is 0 Å². The van der Waals surface area contributed by atoms with E-state index >= 15 is 0 Å². The molecule has 2 aliphatic rings. The van der Waals surface area contributed by atoms with E-state index in [0.717, 1.165) is 23.7 Å². The minimum atomic E-state index is 1.06. The highest BCUT2D eigenvalue weighted by atomic mass is 14.5. The van der Waals surface area contributed by atoms with Crippen molar-refractivity contribution in [3.05, 3.63) is 0 Å². The molecule has 0 nitrogen and oxygen atoms in total. The van der Waals surface area contributed by atoms with Gasteiger partial charge in [0.05, 0.1) is 0 Å². The Bertz CT molecular complexity index is 137. The number of hydrogen-bond acceptors (Lipinski definition) is 0. The highest BCUT2D eigenvalue weighted by molar-refractivity contribution is 4.93. The predicted octanol–water partition coefficient (Wildman–Crippen LogP) is 3.47. The van der Waals surface area contributed by atoms with Crippen LogP contribution in [-0.4, -0.2) is 0 Å². The average Bonchev–Trinajstić information content (AvgIpc) is 2.47. The van der Waals surface area contributed by atoms with Crippen LogP contribution < -0.4 is 0 Å². The van der Waals surface area contributed by atoms with Crippen molar-refractivity contribution in [3.8, 4) is 0 Å². The lowest BCUT2D eigenvalue weighted by molar-refractivity contribution is 0.258. The molecule has 4 atom stereocenters. The van der Waals surface area contributed by atoms with E-state index in [0.29, 0.717) is 0 Å². The highest BCUT2D eigenvalue weighted by Gasteiger charge is 2.42. The lowest BCUT2D eigenvalue weighted by Gasteiger charge is -2.25. The van der Waals surface area contributed by atoms with Crippen LogP contribution in [0, 0.1) is 23.7 Å². The monoisotopic (exact) mass is 152 g/mol. The molecule has 0 aromatic rings. The lowest BCUT2D eigenvalue weighted by atomic mass is 9.81. The summed E-state index contributed by atoms with van der Waals surface area (Å²) in [6.07, 6.45) is 7.61. The molecule has 0 heterocycles. The molecule has 0 aromatic carbocycles. The second-order valence-electron chi connectivity index (χ2n) is 4.75. The molecule has 2 saturated carbocycles. The standard InChI is InChI=1S/C11H20/c1-3-4-9-6-10-7-11(9)5-8(10)2/h8-11H,3-7H2,1-2H3. The fraction of sp³-hybridized carbons (Fsp3) is 1.00. The van der Waals surface area contributed by atoms with Gasteiger partial charge >= 0.3 is 0 Å². The van der Waals surface area contributed by atoms with Gasteiger partial charge in [-0.15, -0.1) is 0 Å². The van der Waals surface area contributed by atoms with Crippen molar-refractivity contribution in [2.45, 2.75) is 46.0 Å². The molecule has 0 aromatic heterocycles. The van der Waals surface area contributed by atoms with Gasteiger partial charge in [-0.2, -0.15) is 0 Å². The number of hydrogen-bond donors (Lipinski definition) is 0. The quantitative estimate of drug-likeness (QED) is 0.568. The summed E-state index contributed by atoms with van der Waals surface area (Å²) in [4.78, 5) is 0. The first-order valence-corrected chi connectivity index (χ1v) is 5.31. The van der Waals surface area contributed by atoms with Crippen molar-refractivity contribution in [1.82, 2.24) is 0 Å². The van der Waals surface area contributed by atoms with E-state index in [2.05, 4.69) is 13.8 Å². The van der Waals surface area contributed by atoms with Crippen LogP contribution in [0.1, 0.15) is 46.0 Å². The summed E-state index contributed by atoms with van der Waals surface area (Å²) in [7, 11) is 0. The molecule has 0 radical (unpaired) electrons. The molecule has 0 spiro atoms. The summed E-state index contributed by atoms with van der Waals surface area (Å²) in [5.74, 6) is 4.45. The Morgan fingerprint density at radius 3 is 2.36 bits per heavy atom. The minimum absolute atomic E-state index is 1.06. The van der Waals surface area contributed by atoms with Crippen LogP contribution in [0.25, 0.3) is 0 Å². The van der Waals surface area contributed by atoms with Crippen LogP contribution in [0.4, 0.5) is 0 Å². The summed E-state index contributed by atoms with van der Waals surface area (Å²) < 4.78 is 0. The van der Waals surface area contributed by atoms with Crippen molar-refractivity contribution in [2.75, 3.05) is 0 Å². The van der Waals surface area contributed by atoms with Crippen molar-refractivity contribution in [3.63, 3.8) is 0 Å². The SMILES string of the molecule is CCCC1CC2CC1CC2C. The van der Waals surface area contributed by atoms with E-state index in [1.165, 1.54) is 12.8 Å². The van der Waals surface area contributed by atoms with Gasteiger partial charge in [-0.05, 0) is 42.9 Å². The van der Waals surface area contributed by atoms with E-state index < -0.39 is 0 Å². The summed E-state index contributed by atoms with van der Waals surface area (Å²) in [5.41, 5.74) is 0. The second kappa shape index (κ2) is 2.80. The largest absolute Gasteiger partial charge is 0.0654 e. The first kappa shape index (κ1) is 7.64. The van der Waals surface area contributed by atoms with E-state index in [1.807, 2.05) is 0 Å². The summed E-state index contributed by atoms with van der Waals surface area (Å²) in [6, 6.07) is 0. The van der Waals surface area contributed by atoms with Crippen LogP contribution >= 0.6 is 0 Å². The zero-order chi connectivity index (χ0) is 7.84. The fourth-order valence-corrected chi connectivity index (χ4v) is 3.41. The molecule has 2 bridgehead atoms. The molecule has 64 valence electrons. The first-order valence-electron chi connectivity index (χ1n) is 5.31. The molecule has 11 heavy (non-hydrogen) atoms. The molecule has 0 N–H and O–H groups in total. The Morgan fingerprint density at radius 1 is 1.09 bits per heavy atom. The summed E-state index contributed by atoms with van der Waals surface area (Å²) in [6.45, 7) is 4.78. The minimum Gasteiger partial charge on any atom is -0.0654 e. The van der Waals surface area contributed by atoms with Gasteiger partial charge < -0.3 is 0 Å². The van der Waals surface area contributed by atoms with E-state index in [1.54, 1.807) is 19.3 Å². The maximum absolute atomic E-state index is 2.45. The van der Waals surface area contributed by atoms with Gasteiger partial charge in [-0.25, -0.2) is 0 Å². The molecular formula is C11H20. The van der Waals surface area contributed by atoms with Crippen LogP contribution in [0.5, 0.6) is 0 Å². The average molecular weight is 152 g/mol. The van der Waals surface area contributed by atoms with Crippen LogP contribution in [0.15, 0.2) is 0 Å². The van der Waals surface area contributed by atoms with Crippen LogP contribution in [-0.2, 0) is 0 Å². The third kappa shape index (κ3) is 1.21. The van der Waals surface area contributed by atoms with Crippen molar-refractivity contribution in [2.24, 2.45) is 23.7 Å². The molecule has 0 amide bonds. The fourth-order valence-electron chi connectivity index (χ4n) is 3.41. The molecule has 2 fully saturated rings. The zero-order valence-corrected chi connectivity index (χ0v) is 7.84. The molecule has 0 heteroatoms. The summed E-state index contributed by atoms with van der Waals surface area (Å²) in [5, 5.41) is 0. The Kier molecular flexibility index (Phi) is 1.95. The molecule has 2 rings (SSSR count). The normalized spacial score (nSPS) is 48.5. The third-order valence-electron chi connectivity index (χ3n) is 4.02. The maximum atomic E-state index is 2.45. The Balaban J connectivity index is 1.92. The third-order valence-corrected chi connectivity index (χ3v) is 4.02. The van der Waals surface area contributed by atoms with E-state index in [-0.39, 0.29) is 0 Å². The number of fused-ring (bicyclic) bond motifs is 2. The van der Waals surface area contributed by atoms with Gasteiger partial charge in [0.1, 0.15) is 0 Å². The van der Waals surface area contributed by atoms with Gasteiger partial charge in [-0.3, -0.25) is 0 Å². The van der Waals surface area contributed by atoms with Gasteiger partial charge in [0.25, 0.3) is 0 Å². The Hall–Kier alpha value is 0. The first-order chi connectivity index (χ1) is 5.31. The smallest absolute Gasteiger partial charge is 0.0380 e. The van der Waals surface area contributed by atoms with Gasteiger partial charge in [-0.1, -0.05) is 26.7 Å². The van der Waals surface area contributed by atoms with Crippen LogP contribution in [0.2, 0.25) is 0 Å². The predicted molar refractivity (Wildman–Crippen MR) is 48.4 cm³/mol. The molecular weight excluding hydrogens is 132 g/mol. The van der Waals surface area contributed by atoms with Gasteiger partial charge in [0.2, 0.25) is 0 Å². The van der Waals surface area contributed by atoms with Crippen molar-refractivity contribution in [1.29, 1.82) is 0 Å². The van der Waals surface area contributed by atoms with Gasteiger partial charge in [0.15, 0.2) is 0 Å². The van der Waals surface area contributed by atoms with E-state index in [9.17, 15) is 0 Å². The molecule has 4 unspecified atom stereocenters. The Morgan fingerprint density at radius 2 is 1.91 bits per heavy atom. The lowest BCUT2D eigenvalue weighted by Crippen LogP contribution is -2.15. The zero-order valence-electron chi connectivity index (χ0n) is 7.84. The maximum Gasteiger partial charge on any atom is -0.0380 e. The second-order valence-corrected chi connectivity index (χ2v) is 4.75. The Labute approximate surface area is 70.4 Å².